The predicted molar refractivity (Wildman–Crippen MR) is 81.0 cm³/mol. The van der Waals surface area contributed by atoms with Gasteiger partial charge in [-0.3, -0.25) is 4.90 Å². The lowest BCUT2D eigenvalue weighted by Crippen LogP contribution is -2.36. The molecule has 6 heteroatoms. The van der Waals surface area contributed by atoms with Gasteiger partial charge in [-0.05, 0) is 45.8 Å². The third-order valence-electron chi connectivity index (χ3n) is 5.00. The van der Waals surface area contributed by atoms with Gasteiger partial charge in [-0.25, -0.2) is 0 Å². The average Bonchev–Trinajstić information content (AvgIpc) is 2.84. The number of aliphatic hydroxyl groups excluding tert-OH is 1. The van der Waals surface area contributed by atoms with Gasteiger partial charge in [0.05, 0.1) is 12.6 Å². The largest absolute Gasteiger partial charge is 0.393 e. The van der Waals surface area contributed by atoms with Gasteiger partial charge in [-0.15, -0.1) is 10.2 Å². The fourth-order valence-electron chi connectivity index (χ4n) is 3.41. The number of hydrogen-bond acceptors (Lipinski definition) is 5. The first-order chi connectivity index (χ1) is 10.1. The SMILES string of the molecule is CN1CCC(c2nnc(CN3CCC(O)CC3)n2C)CC1. The minimum Gasteiger partial charge on any atom is -0.393 e. The van der Waals surface area contributed by atoms with Gasteiger partial charge < -0.3 is 14.6 Å². The van der Waals surface area contributed by atoms with E-state index in [2.05, 4.69) is 38.7 Å². The van der Waals surface area contributed by atoms with E-state index in [0.717, 1.165) is 57.2 Å². The van der Waals surface area contributed by atoms with E-state index in [1.54, 1.807) is 0 Å². The van der Waals surface area contributed by atoms with Crippen LogP contribution in [0.2, 0.25) is 0 Å². The molecule has 21 heavy (non-hydrogen) atoms. The molecule has 0 radical (unpaired) electrons. The van der Waals surface area contributed by atoms with Crippen LogP contribution >= 0.6 is 0 Å². The maximum absolute atomic E-state index is 9.58. The Morgan fingerprint density at radius 2 is 1.67 bits per heavy atom. The molecular weight excluding hydrogens is 266 g/mol. The first kappa shape index (κ1) is 14.9. The monoisotopic (exact) mass is 293 g/mol. The Bertz CT molecular complexity index is 459. The molecule has 1 N–H and O–H groups in total. The van der Waals surface area contributed by atoms with Crippen LogP contribution in [0.15, 0.2) is 0 Å². The normalized spacial score (nSPS) is 23.8. The van der Waals surface area contributed by atoms with Gasteiger partial charge >= 0.3 is 0 Å². The maximum Gasteiger partial charge on any atom is 0.146 e. The topological polar surface area (TPSA) is 57.4 Å². The standard InChI is InChI=1S/C15H27N5O/c1-18-7-3-12(4-8-18)15-17-16-14(19(15)2)11-20-9-5-13(21)6-10-20/h12-13,21H,3-11H2,1-2H3. The van der Waals surface area contributed by atoms with E-state index in [4.69, 9.17) is 0 Å². The van der Waals surface area contributed by atoms with E-state index >= 15 is 0 Å². The van der Waals surface area contributed by atoms with Crippen molar-refractivity contribution in [2.24, 2.45) is 7.05 Å². The Hall–Kier alpha value is -0.980. The molecule has 2 aliphatic rings. The summed E-state index contributed by atoms with van der Waals surface area (Å²) in [6.07, 6.45) is 3.99. The lowest BCUT2D eigenvalue weighted by Gasteiger charge is -2.29. The molecule has 3 heterocycles. The highest BCUT2D eigenvalue weighted by Gasteiger charge is 2.25. The molecule has 1 aromatic rings. The van der Waals surface area contributed by atoms with E-state index in [1.807, 2.05) is 0 Å². The molecule has 0 saturated carbocycles. The van der Waals surface area contributed by atoms with Gasteiger partial charge in [0, 0.05) is 26.1 Å². The fourth-order valence-corrected chi connectivity index (χ4v) is 3.41. The number of hydrogen-bond donors (Lipinski definition) is 1. The Morgan fingerprint density at radius 1 is 1.00 bits per heavy atom. The van der Waals surface area contributed by atoms with Crippen LogP contribution in [0.25, 0.3) is 0 Å². The number of nitrogens with zero attached hydrogens (tertiary/aromatic N) is 5. The summed E-state index contributed by atoms with van der Waals surface area (Å²) in [5, 5.41) is 18.5. The molecule has 1 aromatic heterocycles. The van der Waals surface area contributed by atoms with Gasteiger partial charge in [-0.2, -0.15) is 0 Å². The molecule has 3 rings (SSSR count). The van der Waals surface area contributed by atoms with Crippen LogP contribution in [0.3, 0.4) is 0 Å². The van der Waals surface area contributed by atoms with E-state index < -0.39 is 0 Å². The van der Waals surface area contributed by atoms with Gasteiger partial charge in [0.25, 0.3) is 0 Å². The lowest BCUT2D eigenvalue weighted by atomic mass is 9.96. The third-order valence-corrected chi connectivity index (χ3v) is 5.00. The molecule has 118 valence electrons. The van der Waals surface area contributed by atoms with E-state index in [1.165, 1.54) is 12.8 Å². The second kappa shape index (κ2) is 6.42. The minimum absolute atomic E-state index is 0.115. The summed E-state index contributed by atoms with van der Waals surface area (Å²) in [6, 6.07) is 0. The fraction of sp³-hybridized carbons (Fsp3) is 0.867. The van der Waals surface area contributed by atoms with Crippen LogP contribution in [-0.4, -0.2) is 69.0 Å². The van der Waals surface area contributed by atoms with Crippen LogP contribution in [0.5, 0.6) is 0 Å². The zero-order valence-corrected chi connectivity index (χ0v) is 13.2. The highest BCUT2D eigenvalue weighted by atomic mass is 16.3. The molecule has 0 bridgehead atoms. The van der Waals surface area contributed by atoms with Gasteiger partial charge in [0.2, 0.25) is 0 Å². The summed E-state index contributed by atoms with van der Waals surface area (Å²) in [6.45, 7) is 5.06. The van der Waals surface area contributed by atoms with Crippen molar-refractivity contribution in [1.82, 2.24) is 24.6 Å². The van der Waals surface area contributed by atoms with Crippen molar-refractivity contribution in [2.45, 2.75) is 44.2 Å². The number of aromatic nitrogens is 3. The third kappa shape index (κ3) is 3.44. The van der Waals surface area contributed by atoms with Gasteiger partial charge in [-0.1, -0.05) is 0 Å². The zero-order chi connectivity index (χ0) is 14.8. The molecule has 0 spiro atoms. The van der Waals surface area contributed by atoms with Crippen LogP contribution in [-0.2, 0) is 13.6 Å². The van der Waals surface area contributed by atoms with E-state index in [-0.39, 0.29) is 6.10 Å². The van der Waals surface area contributed by atoms with Crippen molar-refractivity contribution in [1.29, 1.82) is 0 Å². The van der Waals surface area contributed by atoms with Crippen molar-refractivity contribution in [3.63, 3.8) is 0 Å². The van der Waals surface area contributed by atoms with Crippen LogP contribution in [0.1, 0.15) is 43.3 Å². The summed E-state index contributed by atoms with van der Waals surface area (Å²) < 4.78 is 2.20. The molecule has 0 amide bonds. The highest BCUT2D eigenvalue weighted by Crippen LogP contribution is 2.26. The van der Waals surface area contributed by atoms with E-state index in [9.17, 15) is 5.11 Å². The smallest absolute Gasteiger partial charge is 0.146 e. The van der Waals surface area contributed by atoms with Gasteiger partial charge in [0.1, 0.15) is 11.6 Å². The summed E-state index contributed by atoms with van der Waals surface area (Å²) in [5.41, 5.74) is 0. The quantitative estimate of drug-likeness (QED) is 0.883. The highest BCUT2D eigenvalue weighted by molar-refractivity contribution is 5.03. The van der Waals surface area contributed by atoms with Crippen LogP contribution < -0.4 is 0 Å². The molecule has 6 nitrogen and oxygen atoms in total. The molecular formula is C15H27N5O. The summed E-state index contributed by atoms with van der Waals surface area (Å²) >= 11 is 0. The first-order valence-corrected chi connectivity index (χ1v) is 8.10. The maximum atomic E-state index is 9.58. The Balaban J connectivity index is 1.62. The lowest BCUT2D eigenvalue weighted by molar-refractivity contribution is 0.0775. The van der Waals surface area contributed by atoms with Gasteiger partial charge in [0.15, 0.2) is 0 Å². The molecule has 0 atom stereocenters. The van der Waals surface area contributed by atoms with Crippen molar-refractivity contribution >= 4 is 0 Å². The van der Waals surface area contributed by atoms with Crippen molar-refractivity contribution in [2.75, 3.05) is 33.2 Å². The number of aliphatic hydroxyl groups is 1. The summed E-state index contributed by atoms with van der Waals surface area (Å²) in [5.74, 6) is 2.76. The number of rotatable bonds is 3. The van der Waals surface area contributed by atoms with Crippen molar-refractivity contribution in [3.05, 3.63) is 11.6 Å². The van der Waals surface area contributed by atoms with Crippen LogP contribution in [0, 0.1) is 0 Å². The average molecular weight is 293 g/mol. The second-order valence-corrected chi connectivity index (χ2v) is 6.62. The molecule has 0 aliphatic carbocycles. The predicted octanol–water partition coefficient (Wildman–Crippen LogP) is 0.581. The molecule has 0 unspecified atom stereocenters. The Labute approximate surface area is 126 Å². The summed E-state index contributed by atoms with van der Waals surface area (Å²) in [4.78, 5) is 4.75. The van der Waals surface area contributed by atoms with Crippen molar-refractivity contribution in [3.8, 4) is 0 Å². The number of piperidine rings is 2. The molecule has 2 fully saturated rings. The van der Waals surface area contributed by atoms with Crippen molar-refractivity contribution < 1.29 is 5.11 Å². The molecule has 2 aliphatic heterocycles. The second-order valence-electron chi connectivity index (χ2n) is 6.62. The number of likely N-dealkylation sites (tertiary alicyclic amines) is 2. The Kier molecular flexibility index (Phi) is 4.57. The summed E-state index contributed by atoms with van der Waals surface area (Å²) in [7, 11) is 4.28. The first-order valence-electron chi connectivity index (χ1n) is 8.10. The zero-order valence-electron chi connectivity index (χ0n) is 13.2. The Morgan fingerprint density at radius 3 is 2.33 bits per heavy atom. The molecule has 0 aromatic carbocycles. The molecule has 2 saturated heterocycles. The van der Waals surface area contributed by atoms with Crippen LogP contribution in [0.4, 0.5) is 0 Å². The van der Waals surface area contributed by atoms with E-state index in [0.29, 0.717) is 5.92 Å². The minimum atomic E-state index is -0.115.